The van der Waals surface area contributed by atoms with Crippen LogP contribution in [0.15, 0.2) is 0 Å². The maximum atomic E-state index is 6.37. The summed E-state index contributed by atoms with van der Waals surface area (Å²) in [6.07, 6.45) is 5.08. The monoisotopic (exact) mass is 297 g/mol. The van der Waals surface area contributed by atoms with Crippen molar-refractivity contribution in [3.63, 3.8) is 0 Å². The normalized spacial score (nSPS) is 23.5. The number of halogens is 1. The van der Waals surface area contributed by atoms with Gasteiger partial charge in [-0.1, -0.05) is 18.0 Å². The lowest BCUT2D eigenvalue weighted by Crippen LogP contribution is -2.40. The van der Waals surface area contributed by atoms with E-state index >= 15 is 0 Å². The lowest BCUT2D eigenvalue weighted by atomic mass is 9.89. The number of nitrogens with one attached hydrogen (secondary N) is 1. The molecule has 2 atom stereocenters. The summed E-state index contributed by atoms with van der Waals surface area (Å²) in [5.74, 6) is 1.51. The predicted octanol–water partition coefficient (Wildman–Crippen LogP) is 3.73. The molecule has 1 fully saturated rings. The fourth-order valence-corrected chi connectivity index (χ4v) is 3.51. The zero-order valence-corrected chi connectivity index (χ0v) is 14.2. The summed E-state index contributed by atoms with van der Waals surface area (Å²) < 4.78 is 1.80. The van der Waals surface area contributed by atoms with Gasteiger partial charge >= 0.3 is 0 Å². The van der Waals surface area contributed by atoms with Crippen LogP contribution >= 0.6 is 11.6 Å². The predicted molar refractivity (Wildman–Crippen MR) is 85.2 cm³/mol. The quantitative estimate of drug-likeness (QED) is 0.918. The highest BCUT2D eigenvalue weighted by Crippen LogP contribution is 2.36. The van der Waals surface area contributed by atoms with Gasteiger partial charge in [-0.2, -0.15) is 5.10 Å². The molecule has 1 N–H and O–H groups in total. The second kappa shape index (κ2) is 6.07. The van der Waals surface area contributed by atoms with Crippen LogP contribution in [0.3, 0.4) is 0 Å². The first-order valence-electron chi connectivity index (χ1n) is 7.71. The summed E-state index contributed by atoms with van der Waals surface area (Å²) in [5, 5.41) is 8.91. The molecule has 0 spiro atoms. The highest BCUT2D eigenvalue weighted by molar-refractivity contribution is 6.30. The van der Waals surface area contributed by atoms with E-state index in [-0.39, 0.29) is 5.54 Å². The van der Waals surface area contributed by atoms with Crippen LogP contribution in [0, 0.1) is 18.8 Å². The summed E-state index contributed by atoms with van der Waals surface area (Å²) in [6, 6.07) is 0. The Morgan fingerprint density at radius 3 is 2.50 bits per heavy atom. The standard InChI is InChI=1S/C16H28ClN3/c1-11-14(15(17)20(5)19-11)9-12-7-6-8-13(12)10-18-16(2,3)4/h12-13,18H,6-10H2,1-5H3. The molecule has 0 aromatic carbocycles. The van der Waals surface area contributed by atoms with Crippen LogP contribution in [0.1, 0.15) is 51.3 Å². The molecule has 0 saturated heterocycles. The van der Waals surface area contributed by atoms with Crippen LogP contribution < -0.4 is 5.32 Å². The third kappa shape index (κ3) is 3.76. The van der Waals surface area contributed by atoms with Gasteiger partial charge in [0.05, 0.1) is 5.69 Å². The van der Waals surface area contributed by atoms with Crippen LogP contribution in [0.25, 0.3) is 0 Å². The SMILES string of the molecule is Cc1nn(C)c(Cl)c1CC1CCCC1CNC(C)(C)C. The van der Waals surface area contributed by atoms with Gasteiger partial charge in [0.25, 0.3) is 0 Å². The maximum Gasteiger partial charge on any atom is 0.130 e. The van der Waals surface area contributed by atoms with Gasteiger partial charge in [0.2, 0.25) is 0 Å². The van der Waals surface area contributed by atoms with Gasteiger partial charge in [-0.05, 0) is 65.3 Å². The molecular formula is C16H28ClN3. The lowest BCUT2D eigenvalue weighted by Gasteiger charge is -2.26. The molecule has 114 valence electrons. The Bertz CT molecular complexity index is 459. The van der Waals surface area contributed by atoms with Crippen molar-refractivity contribution in [1.82, 2.24) is 15.1 Å². The Morgan fingerprint density at radius 2 is 1.95 bits per heavy atom. The van der Waals surface area contributed by atoms with Crippen molar-refractivity contribution in [1.29, 1.82) is 0 Å². The van der Waals surface area contributed by atoms with E-state index < -0.39 is 0 Å². The summed E-state index contributed by atoms with van der Waals surface area (Å²) >= 11 is 6.37. The first kappa shape index (κ1) is 15.8. The molecule has 3 nitrogen and oxygen atoms in total. The molecule has 4 heteroatoms. The van der Waals surface area contributed by atoms with E-state index in [1.54, 1.807) is 4.68 Å². The minimum absolute atomic E-state index is 0.203. The number of rotatable bonds is 4. The van der Waals surface area contributed by atoms with Crippen molar-refractivity contribution in [2.45, 2.75) is 58.9 Å². The van der Waals surface area contributed by atoms with E-state index in [1.807, 2.05) is 7.05 Å². The lowest BCUT2D eigenvalue weighted by molar-refractivity contribution is 0.317. The van der Waals surface area contributed by atoms with Crippen molar-refractivity contribution in [2.24, 2.45) is 18.9 Å². The van der Waals surface area contributed by atoms with Crippen LogP contribution in [0.2, 0.25) is 5.15 Å². The number of nitrogens with zero attached hydrogens (tertiary/aromatic N) is 2. The van der Waals surface area contributed by atoms with Gasteiger partial charge in [0.15, 0.2) is 0 Å². The largest absolute Gasteiger partial charge is 0.312 e. The van der Waals surface area contributed by atoms with Gasteiger partial charge in [-0.3, -0.25) is 4.68 Å². The molecule has 20 heavy (non-hydrogen) atoms. The van der Waals surface area contributed by atoms with Crippen LogP contribution in [-0.4, -0.2) is 21.9 Å². The van der Waals surface area contributed by atoms with Crippen molar-refractivity contribution in [3.8, 4) is 0 Å². The van der Waals surface area contributed by atoms with Crippen molar-refractivity contribution in [2.75, 3.05) is 6.54 Å². The number of hydrogen-bond donors (Lipinski definition) is 1. The Hall–Kier alpha value is -0.540. The third-order valence-corrected chi connectivity index (χ3v) is 4.92. The Balaban J connectivity index is 2.01. The van der Waals surface area contributed by atoms with Crippen molar-refractivity contribution >= 4 is 11.6 Å². The summed E-state index contributed by atoms with van der Waals surface area (Å²) in [5.41, 5.74) is 2.54. The number of hydrogen-bond acceptors (Lipinski definition) is 2. The summed E-state index contributed by atoms with van der Waals surface area (Å²) in [7, 11) is 1.92. The Kier molecular flexibility index (Phi) is 4.80. The number of aromatic nitrogens is 2. The fourth-order valence-electron chi connectivity index (χ4n) is 3.26. The fraction of sp³-hybridized carbons (Fsp3) is 0.812. The molecule has 1 aliphatic carbocycles. The first-order valence-corrected chi connectivity index (χ1v) is 8.08. The topological polar surface area (TPSA) is 29.9 Å². The van der Waals surface area contributed by atoms with E-state index in [2.05, 4.69) is 38.1 Å². The molecule has 2 rings (SSSR count). The molecule has 1 aromatic rings. The van der Waals surface area contributed by atoms with Gasteiger partial charge < -0.3 is 5.32 Å². The van der Waals surface area contributed by atoms with Crippen LogP contribution in [-0.2, 0) is 13.5 Å². The zero-order valence-electron chi connectivity index (χ0n) is 13.5. The summed E-state index contributed by atoms with van der Waals surface area (Å²) in [4.78, 5) is 0. The Morgan fingerprint density at radius 1 is 1.30 bits per heavy atom. The van der Waals surface area contributed by atoms with E-state index in [4.69, 9.17) is 11.6 Å². The maximum absolute atomic E-state index is 6.37. The highest BCUT2D eigenvalue weighted by atomic mass is 35.5. The van der Waals surface area contributed by atoms with Crippen molar-refractivity contribution < 1.29 is 0 Å². The van der Waals surface area contributed by atoms with Crippen LogP contribution in [0.5, 0.6) is 0 Å². The van der Waals surface area contributed by atoms with Gasteiger partial charge in [-0.15, -0.1) is 0 Å². The smallest absolute Gasteiger partial charge is 0.130 e. The minimum Gasteiger partial charge on any atom is -0.312 e. The van der Waals surface area contributed by atoms with Gasteiger partial charge in [0.1, 0.15) is 5.15 Å². The zero-order chi connectivity index (χ0) is 14.9. The van der Waals surface area contributed by atoms with E-state index in [0.717, 1.165) is 35.6 Å². The first-order chi connectivity index (χ1) is 9.28. The second-order valence-electron chi connectivity index (χ2n) is 7.26. The highest BCUT2D eigenvalue weighted by Gasteiger charge is 2.29. The van der Waals surface area contributed by atoms with E-state index in [1.165, 1.54) is 24.8 Å². The average Bonchev–Trinajstić information content (AvgIpc) is 2.87. The molecule has 1 heterocycles. The molecule has 1 aromatic heterocycles. The minimum atomic E-state index is 0.203. The molecule has 1 aliphatic rings. The second-order valence-corrected chi connectivity index (χ2v) is 7.62. The molecular weight excluding hydrogens is 270 g/mol. The molecule has 0 aliphatic heterocycles. The Labute approximate surface area is 128 Å². The van der Waals surface area contributed by atoms with E-state index in [0.29, 0.717) is 0 Å². The molecule has 0 amide bonds. The molecule has 2 unspecified atom stereocenters. The molecule has 1 saturated carbocycles. The van der Waals surface area contributed by atoms with E-state index in [9.17, 15) is 0 Å². The number of aryl methyl sites for hydroxylation is 2. The molecule has 0 radical (unpaired) electrons. The van der Waals surface area contributed by atoms with Crippen LogP contribution in [0.4, 0.5) is 0 Å². The van der Waals surface area contributed by atoms with Gasteiger partial charge in [-0.25, -0.2) is 0 Å². The third-order valence-electron chi connectivity index (χ3n) is 4.45. The average molecular weight is 298 g/mol. The van der Waals surface area contributed by atoms with Crippen molar-refractivity contribution in [3.05, 3.63) is 16.4 Å². The van der Waals surface area contributed by atoms with Gasteiger partial charge in [0, 0.05) is 18.2 Å². The molecule has 0 bridgehead atoms. The summed E-state index contributed by atoms with van der Waals surface area (Å²) in [6.45, 7) is 9.89.